The van der Waals surface area contributed by atoms with E-state index in [-0.39, 0.29) is 6.61 Å². The SMILES string of the molecule is CC#CSCC#CCO. The van der Waals surface area contributed by atoms with E-state index in [0.29, 0.717) is 5.75 Å². The van der Waals surface area contributed by atoms with Crippen LogP contribution in [-0.4, -0.2) is 17.5 Å². The van der Waals surface area contributed by atoms with E-state index >= 15 is 0 Å². The molecule has 0 rings (SSSR count). The second-order valence-electron chi connectivity index (χ2n) is 1.15. The van der Waals surface area contributed by atoms with Crippen LogP contribution in [0.15, 0.2) is 0 Å². The number of aliphatic hydroxyl groups excluding tert-OH is 1. The van der Waals surface area contributed by atoms with Crippen molar-refractivity contribution in [2.45, 2.75) is 6.92 Å². The molecule has 0 aromatic heterocycles. The predicted octanol–water partition coefficient (Wildman–Crippen LogP) is 0.696. The maximum Gasteiger partial charge on any atom is 0.104 e. The average Bonchev–Trinajstić information content (AvgIpc) is 1.89. The van der Waals surface area contributed by atoms with Gasteiger partial charge in [-0.15, -0.1) is 0 Å². The summed E-state index contributed by atoms with van der Waals surface area (Å²) in [6, 6.07) is 0. The van der Waals surface area contributed by atoms with Crippen molar-refractivity contribution in [1.82, 2.24) is 0 Å². The highest BCUT2D eigenvalue weighted by Crippen LogP contribution is 1.91. The fraction of sp³-hybridized carbons (Fsp3) is 0.429. The molecule has 0 heterocycles. The molecule has 0 aliphatic carbocycles. The molecule has 0 saturated carbocycles. The zero-order valence-electron chi connectivity index (χ0n) is 5.27. The second kappa shape index (κ2) is 7.43. The molecule has 2 heteroatoms. The largest absolute Gasteiger partial charge is 0.384 e. The van der Waals surface area contributed by atoms with Gasteiger partial charge >= 0.3 is 0 Å². The third kappa shape index (κ3) is 7.43. The first-order valence-electron chi connectivity index (χ1n) is 2.52. The van der Waals surface area contributed by atoms with Crippen LogP contribution >= 0.6 is 11.8 Å². The van der Waals surface area contributed by atoms with E-state index in [0.717, 1.165) is 0 Å². The normalized spacial score (nSPS) is 6.44. The topological polar surface area (TPSA) is 20.2 Å². The van der Waals surface area contributed by atoms with Gasteiger partial charge in [0.1, 0.15) is 6.61 Å². The van der Waals surface area contributed by atoms with Gasteiger partial charge in [0.05, 0.1) is 5.75 Å². The van der Waals surface area contributed by atoms with Crippen LogP contribution in [0.4, 0.5) is 0 Å². The molecule has 0 radical (unpaired) electrons. The Morgan fingerprint density at radius 2 is 2.22 bits per heavy atom. The second-order valence-corrected chi connectivity index (χ2v) is 1.93. The minimum absolute atomic E-state index is 0.0554. The Hall–Kier alpha value is -0.570. The van der Waals surface area contributed by atoms with Gasteiger partial charge in [0.25, 0.3) is 0 Å². The van der Waals surface area contributed by atoms with Crippen LogP contribution in [0.2, 0.25) is 0 Å². The standard InChI is InChI=1S/C7H8OS/c1-2-6-9-7-4-3-5-8/h8H,5,7H2,1H3. The van der Waals surface area contributed by atoms with E-state index in [9.17, 15) is 0 Å². The van der Waals surface area contributed by atoms with E-state index in [1.807, 2.05) is 0 Å². The van der Waals surface area contributed by atoms with Crippen LogP contribution in [0.1, 0.15) is 6.92 Å². The molecule has 0 aliphatic heterocycles. The monoisotopic (exact) mass is 140 g/mol. The average molecular weight is 140 g/mol. The molecule has 0 atom stereocenters. The lowest BCUT2D eigenvalue weighted by Gasteiger charge is -1.75. The lowest BCUT2D eigenvalue weighted by atomic mass is 10.6. The highest BCUT2D eigenvalue weighted by molar-refractivity contribution is 8.04. The third-order valence-electron chi connectivity index (χ3n) is 0.523. The predicted molar refractivity (Wildman–Crippen MR) is 40.8 cm³/mol. The van der Waals surface area contributed by atoms with Gasteiger partial charge < -0.3 is 5.11 Å². The van der Waals surface area contributed by atoms with Crippen molar-refractivity contribution >= 4 is 11.8 Å². The van der Waals surface area contributed by atoms with Gasteiger partial charge in [0.2, 0.25) is 0 Å². The van der Waals surface area contributed by atoms with Gasteiger partial charge in [0, 0.05) is 0 Å². The van der Waals surface area contributed by atoms with E-state index in [2.05, 4.69) is 23.0 Å². The van der Waals surface area contributed by atoms with Gasteiger partial charge in [-0.3, -0.25) is 0 Å². The number of hydrogen-bond donors (Lipinski definition) is 1. The lowest BCUT2D eigenvalue weighted by molar-refractivity contribution is 0.350. The van der Waals surface area contributed by atoms with Crippen molar-refractivity contribution in [1.29, 1.82) is 0 Å². The van der Waals surface area contributed by atoms with Crippen molar-refractivity contribution in [3.05, 3.63) is 0 Å². The summed E-state index contributed by atoms with van der Waals surface area (Å²) in [7, 11) is 0. The summed E-state index contributed by atoms with van der Waals surface area (Å²) in [6.45, 7) is 1.73. The van der Waals surface area contributed by atoms with Crippen LogP contribution < -0.4 is 0 Å². The van der Waals surface area contributed by atoms with E-state index in [4.69, 9.17) is 5.11 Å². The summed E-state index contributed by atoms with van der Waals surface area (Å²) in [5.41, 5.74) is 0. The zero-order valence-corrected chi connectivity index (χ0v) is 6.09. The first-order chi connectivity index (χ1) is 4.41. The molecule has 9 heavy (non-hydrogen) atoms. The third-order valence-corrected chi connectivity index (χ3v) is 1.16. The molecule has 0 fully saturated rings. The van der Waals surface area contributed by atoms with Gasteiger partial charge in [-0.1, -0.05) is 29.5 Å². The van der Waals surface area contributed by atoms with E-state index in [1.54, 1.807) is 6.92 Å². The summed E-state index contributed by atoms with van der Waals surface area (Å²) >= 11 is 1.45. The molecule has 0 bridgehead atoms. The minimum atomic E-state index is -0.0554. The molecule has 0 unspecified atom stereocenters. The van der Waals surface area contributed by atoms with Crippen molar-refractivity contribution < 1.29 is 5.11 Å². The quantitative estimate of drug-likeness (QED) is 0.427. The molecule has 0 amide bonds. The highest BCUT2D eigenvalue weighted by Gasteiger charge is 1.71. The molecule has 0 aromatic carbocycles. The van der Waals surface area contributed by atoms with Crippen molar-refractivity contribution in [3.63, 3.8) is 0 Å². The maximum absolute atomic E-state index is 8.20. The van der Waals surface area contributed by atoms with E-state index in [1.165, 1.54) is 11.8 Å². The van der Waals surface area contributed by atoms with Crippen molar-refractivity contribution in [2.24, 2.45) is 0 Å². The molecule has 1 N–H and O–H groups in total. The number of hydrogen-bond acceptors (Lipinski definition) is 2. The Balaban J connectivity index is 3.15. The molecular formula is C7H8OS. The zero-order chi connectivity index (χ0) is 6.95. The van der Waals surface area contributed by atoms with Crippen LogP contribution in [-0.2, 0) is 0 Å². The Morgan fingerprint density at radius 1 is 1.44 bits per heavy atom. The molecule has 1 nitrogen and oxygen atoms in total. The molecular weight excluding hydrogens is 132 g/mol. The smallest absolute Gasteiger partial charge is 0.104 e. The molecule has 48 valence electrons. The maximum atomic E-state index is 8.20. The summed E-state index contributed by atoms with van der Waals surface area (Å²) in [4.78, 5) is 0. The van der Waals surface area contributed by atoms with Gasteiger partial charge in [0.15, 0.2) is 0 Å². The van der Waals surface area contributed by atoms with Crippen LogP contribution in [0.25, 0.3) is 0 Å². The van der Waals surface area contributed by atoms with Crippen LogP contribution in [0, 0.1) is 23.0 Å². The Bertz CT molecular complexity index is 165. The summed E-state index contributed by atoms with van der Waals surface area (Å²) < 4.78 is 0. The van der Waals surface area contributed by atoms with Crippen molar-refractivity contribution in [2.75, 3.05) is 12.4 Å². The molecule has 0 saturated heterocycles. The highest BCUT2D eigenvalue weighted by atomic mass is 32.2. The molecule has 0 spiro atoms. The number of thioether (sulfide) groups is 1. The lowest BCUT2D eigenvalue weighted by Crippen LogP contribution is -1.72. The number of aliphatic hydroxyl groups is 1. The molecule has 0 aromatic rings. The fourth-order valence-electron chi connectivity index (χ4n) is 0.251. The van der Waals surface area contributed by atoms with Crippen LogP contribution in [0.5, 0.6) is 0 Å². The minimum Gasteiger partial charge on any atom is -0.384 e. The summed E-state index contributed by atoms with van der Waals surface area (Å²) in [6.07, 6.45) is 0. The fourth-order valence-corrected chi connectivity index (χ4v) is 0.642. The van der Waals surface area contributed by atoms with Gasteiger partial charge in [-0.2, -0.15) is 0 Å². The van der Waals surface area contributed by atoms with Gasteiger partial charge in [-0.25, -0.2) is 0 Å². The summed E-state index contributed by atoms with van der Waals surface area (Å²) in [5, 5.41) is 11.0. The van der Waals surface area contributed by atoms with Crippen molar-refractivity contribution in [3.8, 4) is 23.0 Å². The molecule has 0 aliphatic rings. The van der Waals surface area contributed by atoms with Gasteiger partial charge in [-0.05, 0) is 12.2 Å². The first kappa shape index (κ1) is 8.43. The number of rotatable bonds is 1. The first-order valence-corrected chi connectivity index (χ1v) is 3.50. The Labute approximate surface area is 59.8 Å². The van der Waals surface area contributed by atoms with E-state index < -0.39 is 0 Å². The summed E-state index contributed by atoms with van der Waals surface area (Å²) in [5.74, 6) is 8.66. The van der Waals surface area contributed by atoms with Crippen LogP contribution in [0.3, 0.4) is 0 Å². The Morgan fingerprint density at radius 3 is 2.78 bits per heavy atom. The Kier molecular flexibility index (Phi) is 6.96.